The number of hydrogen-bond acceptors (Lipinski definition) is 3. The number of aromatic nitrogens is 2. The second-order valence-corrected chi connectivity index (χ2v) is 6.80. The van der Waals surface area contributed by atoms with Gasteiger partial charge in [0.2, 0.25) is 0 Å². The third-order valence-corrected chi connectivity index (χ3v) is 4.00. The second kappa shape index (κ2) is 6.96. The second-order valence-electron chi connectivity index (χ2n) is 5.37. The average Bonchev–Trinajstić information content (AvgIpc) is 2.76. The quantitative estimate of drug-likeness (QED) is 0.599. The number of aromatic amines is 1. The Balaban J connectivity index is 1.80. The Morgan fingerprint density at radius 1 is 1.26 bits per heavy atom. The van der Waals surface area contributed by atoms with Crippen molar-refractivity contribution in [3.63, 3.8) is 0 Å². The van der Waals surface area contributed by atoms with E-state index >= 15 is 0 Å². The maximum atomic E-state index is 4.59. The zero-order valence-corrected chi connectivity index (χ0v) is 12.8. The Bertz CT molecular complexity index is 474. The summed E-state index contributed by atoms with van der Waals surface area (Å²) in [5.74, 6) is 0.769. The van der Waals surface area contributed by atoms with Gasteiger partial charge >= 0.3 is 0 Å². The first kappa shape index (κ1) is 14.4. The van der Waals surface area contributed by atoms with Crippen molar-refractivity contribution in [3.05, 3.63) is 24.3 Å². The zero-order valence-electron chi connectivity index (χ0n) is 11.9. The standard InChI is InChI=1S/C15H23N3S/c1-11(2)8-9-16-10-12(3)19-15-17-13-6-4-5-7-14(13)18-15/h4-7,11-12,16H,8-10H2,1-3H3,(H,17,18). The van der Waals surface area contributed by atoms with Gasteiger partial charge in [-0.05, 0) is 31.0 Å². The number of imidazole rings is 1. The van der Waals surface area contributed by atoms with E-state index in [2.05, 4.69) is 42.1 Å². The fourth-order valence-electron chi connectivity index (χ4n) is 1.91. The van der Waals surface area contributed by atoms with Crippen LogP contribution in [0.4, 0.5) is 0 Å². The summed E-state index contributed by atoms with van der Waals surface area (Å²) in [7, 11) is 0. The number of benzene rings is 1. The molecule has 104 valence electrons. The molecule has 0 saturated carbocycles. The van der Waals surface area contributed by atoms with Gasteiger partial charge in [0.25, 0.3) is 0 Å². The number of hydrogen-bond donors (Lipinski definition) is 2. The molecule has 1 aromatic carbocycles. The van der Waals surface area contributed by atoms with Crippen LogP contribution in [0.1, 0.15) is 27.2 Å². The zero-order chi connectivity index (χ0) is 13.7. The van der Waals surface area contributed by atoms with E-state index < -0.39 is 0 Å². The largest absolute Gasteiger partial charge is 0.333 e. The molecule has 0 fully saturated rings. The van der Waals surface area contributed by atoms with Crippen molar-refractivity contribution >= 4 is 22.8 Å². The fourth-order valence-corrected chi connectivity index (χ4v) is 2.82. The first-order chi connectivity index (χ1) is 9.15. The van der Waals surface area contributed by atoms with Crippen LogP contribution in [-0.4, -0.2) is 28.3 Å². The molecule has 0 spiro atoms. The van der Waals surface area contributed by atoms with Gasteiger partial charge in [0.05, 0.1) is 11.0 Å². The summed E-state index contributed by atoms with van der Waals surface area (Å²) >= 11 is 1.80. The van der Waals surface area contributed by atoms with Gasteiger partial charge in [0, 0.05) is 11.8 Å². The summed E-state index contributed by atoms with van der Waals surface area (Å²) in [6, 6.07) is 8.17. The van der Waals surface area contributed by atoms with E-state index in [-0.39, 0.29) is 0 Å². The van der Waals surface area contributed by atoms with E-state index in [0.29, 0.717) is 5.25 Å². The van der Waals surface area contributed by atoms with Crippen molar-refractivity contribution in [2.75, 3.05) is 13.1 Å². The van der Waals surface area contributed by atoms with E-state index in [9.17, 15) is 0 Å². The molecule has 0 saturated heterocycles. The van der Waals surface area contributed by atoms with Crippen molar-refractivity contribution in [2.45, 2.75) is 37.6 Å². The number of rotatable bonds is 7. The molecule has 2 aromatic rings. The number of nitrogens with zero attached hydrogens (tertiary/aromatic N) is 1. The van der Waals surface area contributed by atoms with Gasteiger partial charge in [-0.15, -0.1) is 0 Å². The van der Waals surface area contributed by atoms with Crippen LogP contribution < -0.4 is 5.32 Å². The highest BCUT2D eigenvalue weighted by molar-refractivity contribution is 7.99. The Morgan fingerprint density at radius 3 is 2.79 bits per heavy atom. The minimum Gasteiger partial charge on any atom is -0.333 e. The molecule has 0 bridgehead atoms. The number of nitrogens with one attached hydrogen (secondary N) is 2. The number of thioether (sulfide) groups is 1. The molecule has 0 aliphatic carbocycles. The summed E-state index contributed by atoms with van der Waals surface area (Å²) < 4.78 is 0. The van der Waals surface area contributed by atoms with E-state index in [0.717, 1.165) is 35.2 Å². The van der Waals surface area contributed by atoms with Gasteiger partial charge in [0.1, 0.15) is 0 Å². The molecule has 3 nitrogen and oxygen atoms in total. The van der Waals surface area contributed by atoms with Crippen LogP contribution in [0, 0.1) is 5.92 Å². The van der Waals surface area contributed by atoms with Crippen LogP contribution in [0.25, 0.3) is 11.0 Å². The van der Waals surface area contributed by atoms with Crippen LogP contribution in [0.3, 0.4) is 0 Å². The lowest BCUT2D eigenvalue weighted by Gasteiger charge is -2.11. The fraction of sp³-hybridized carbons (Fsp3) is 0.533. The lowest BCUT2D eigenvalue weighted by Crippen LogP contribution is -2.24. The lowest BCUT2D eigenvalue weighted by atomic mass is 10.1. The van der Waals surface area contributed by atoms with Crippen molar-refractivity contribution < 1.29 is 0 Å². The van der Waals surface area contributed by atoms with E-state index in [1.54, 1.807) is 11.8 Å². The predicted octanol–water partition coefficient (Wildman–Crippen LogP) is 3.68. The number of fused-ring (bicyclic) bond motifs is 1. The van der Waals surface area contributed by atoms with E-state index in [4.69, 9.17) is 0 Å². The molecule has 0 aliphatic rings. The van der Waals surface area contributed by atoms with Crippen molar-refractivity contribution in [2.24, 2.45) is 5.92 Å². The van der Waals surface area contributed by atoms with Gasteiger partial charge in [-0.2, -0.15) is 0 Å². The summed E-state index contributed by atoms with van der Waals surface area (Å²) in [5.41, 5.74) is 2.16. The molecular formula is C15H23N3S. The van der Waals surface area contributed by atoms with Crippen LogP contribution >= 0.6 is 11.8 Å². The third-order valence-electron chi connectivity index (χ3n) is 3.01. The van der Waals surface area contributed by atoms with Crippen LogP contribution in [0.2, 0.25) is 0 Å². The van der Waals surface area contributed by atoms with Gasteiger partial charge in [-0.3, -0.25) is 0 Å². The Kier molecular flexibility index (Phi) is 5.28. The van der Waals surface area contributed by atoms with Crippen LogP contribution in [-0.2, 0) is 0 Å². The molecule has 0 amide bonds. The Morgan fingerprint density at radius 2 is 2.05 bits per heavy atom. The molecule has 1 heterocycles. The van der Waals surface area contributed by atoms with Gasteiger partial charge in [-0.1, -0.05) is 44.7 Å². The molecule has 1 atom stereocenters. The average molecular weight is 277 g/mol. The van der Waals surface area contributed by atoms with Crippen LogP contribution in [0.5, 0.6) is 0 Å². The first-order valence-corrected chi connectivity index (χ1v) is 7.85. The third kappa shape index (κ3) is 4.55. The maximum absolute atomic E-state index is 4.59. The molecule has 2 N–H and O–H groups in total. The Labute approximate surface area is 119 Å². The first-order valence-electron chi connectivity index (χ1n) is 6.97. The normalized spacial score (nSPS) is 13.3. The monoisotopic (exact) mass is 277 g/mol. The highest BCUT2D eigenvalue weighted by atomic mass is 32.2. The minimum atomic E-state index is 0.521. The van der Waals surface area contributed by atoms with Crippen molar-refractivity contribution in [3.8, 4) is 0 Å². The SMILES string of the molecule is CC(C)CCNCC(C)Sc1nc2ccccc2[nH]1. The molecular weight excluding hydrogens is 254 g/mol. The maximum Gasteiger partial charge on any atom is 0.166 e. The molecule has 0 radical (unpaired) electrons. The number of H-pyrrole nitrogens is 1. The predicted molar refractivity (Wildman–Crippen MR) is 83.7 cm³/mol. The number of para-hydroxylation sites is 2. The summed E-state index contributed by atoms with van der Waals surface area (Å²) in [6.45, 7) is 8.87. The topological polar surface area (TPSA) is 40.7 Å². The lowest BCUT2D eigenvalue weighted by molar-refractivity contribution is 0.539. The molecule has 19 heavy (non-hydrogen) atoms. The smallest absolute Gasteiger partial charge is 0.166 e. The molecule has 0 aliphatic heterocycles. The van der Waals surface area contributed by atoms with Gasteiger partial charge in [-0.25, -0.2) is 4.98 Å². The van der Waals surface area contributed by atoms with Crippen molar-refractivity contribution in [1.29, 1.82) is 0 Å². The van der Waals surface area contributed by atoms with Crippen molar-refractivity contribution in [1.82, 2.24) is 15.3 Å². The molecule has 1 unspecified atom stereocenters. The van der Waals surface area contributed by atoms with E-state index in [1.165, 1.54) is 6.42 Å². The summed E-state index contributed by atoms with van der Waals surface area (Å²) in [5, 5.41) is 5.04. The highest BCUT2D eigenvalue weighted by Crippen LogP contribution is 2.22. The summed E-state index contributed by atoms with van der Waals surface area (Å²) in [4.78, 5) is 7.95. The van der Waals surface area contributed by atoms with Crippen LogP contribution in [0.15, 0.2) is 29.4 Å². The molecule has 1 aromatic heterocycles. The Hall–Kier alpha value is -1.00. The van der Waals surface area contributed by atoms with E-state index in [1.807, 2.05) is 18.2 Å². The van der Waals surface area contributed by atoms with Gasteiger partial charge < -0.3 is 10.3 Å². The molecule has 2 rings (SSSR count). The summed E-state index contributed by atoms with van der Waals surface area (Å²) in [6.07, 6.45) is 1.24. The molecule has 4 heteroatoms. The highest BCUT2D eigenvalue weighted by Gasteiger charge is 2.08. The minimum absolute atomic E-state index is 0.521. The van der Waals surface area contributed by atoms with Gasteiger partial charge in [0.15, 0.2) is 5.16 Å².